The lowest BCUT2D eigenvalue weighted by Crippen LogP contribution is -2.30. The monoisotopic (exact) mass is 392 g/mol. The van der Waals surface area contributed by atoms with Gasteiger partial charge in [-0.3, -0.25) is 9.78 Å². The molecule has 3 heterocycles. The van der Waals surface area contributed by atoms with Gasteiger partial charge in [-0.25, -0.2) is 9.69 Å². The van der Waals surface area contributed by atoms with E-state index in [4.69, 9.17) is 11.6 Å². The number of hydrogen-bond donors (Lipinski definition) is 1. The van der Waals surface area contributed by atoms with Crippen LogP contribution in [-0.4, -0.2) is 21.5 Å². The van der Waals surface area contributed by atoms with E-state index in [-0.39, 0.29) is 5.70 Å². The van der Waals surface area contributed by atoms with Gasteiger partial charge in [-0.2, -0.15) is 0 Å². The highest BCUT2D eigenvalue weighted by Crippen LogP contribution is 2.26. The standard InChI is InChI=1S/C21H17ClN4O2/c1-13-10-15(14(2)25(13)18-4-3-9-23-12-18)11-19-20(27)26(21(28)24-19)17-7-5-16(22)6-8-17/h3-12H,1-2H3,(H,24,28). The van der Waals surface area contributed by atoms with Crippen LogP contribution in [0.15, 0.2) is 60.6 Å². The van der Waals surface area contributed by atoms with Crippen LogP contribution in [0.5, 0.6) is 0 Å². The number of imide groups is 1. The molecule has 2 aromatic heterocycles. The number of rotatable bonds is 3. The molecular formula is C21H17ClN4O2. The van der Waals surface area contributed by atoms with Crippen LogP contribution in [0, 0.1) is 13.8 Å². The number of nitrogens with one attached hydrogen (secondary N) is 1. The molecule has 1 saturated heterocycles. The first-order chi connectivity index (χ1) is 13.5. The summed E-state index contributed by atoms with van der Waals surface area (Å²) in [5, 5.41) is 3.19. The predicted molar refractivity (Wildman–Crippen MR) is 108 cm³/mol. The maximum Gasteiger partial charge on any atom is 0.333 e. The molecule has 1 N–H and O–H groups in total. The zero-order chi connectivity index (χ0) is 19.8. The Morgan fingerprint density at radius 1 is 1.07 bits per heavy atom. The minimum Gasteiger partial charge on any atom is -0.316 e. The molecule has 7 heteroatoms. The summed E-state index contributed by atoms with van der Waals surface area (Å²) in [5.74, 6) is -0.404. The van der Waals surface area contributed by atoms with E-state index in [2.05, 4.69) is 14.9 Å². The quantitative estimate of drug-likeness (QED) is 0.535. The Bertz CT molecular complexity index is 1100. The zero-order valence-electron chi connectivity index (χ0n) is 15.3. The molecule has 28 heavy (non-hydrogen) atoms. The van der Waals surface area contributed by atoms with Crippen LogP contribution in [-0.2, 0) is 4.79 Å². The van der Waals surface area contributed by atoms with Crippen molar-refractivity contribution >= 4 is 35.3 Å². The number of anilines is 1. The molecule has 3 aromatic rings. The molecule has 0 radical (unpaired) electrons. The molecule has 0 atom stereocenters. The number of pyridine rings is 1. The number of urea groups is 1. The highest BCUT2D eigenvalue weighted by molar-refractivity contribution is 6.31. The molecule has 140 valence electrons. The SMILES string of the molecule is Cc1cc(C=C2NC(=O)N(c3ccc(Cl)cc3)C2=O)c(C)n1-c1cccnc1. The van der Waals surface area contributed by atoms with E-state index in [0.717, 1.165) is 27.5 Å². The van der Waals surface area contributed by atoms with Gasteiger partial charge in [0, 0.05) is 22.6 Å². The molecule has 4 rings (SSSR count). The Morgan fingerprint density at radius 2 is 1.82 bits per heavy atom. The minimum absolute atomic E-state index is 0.228. The summed E-state index contributed by atoms with van der Waals surface area (Å²) in [6, 6.07) is 11.9. The van der Waals surface area contributed by atoms with Crippen LogP contribution in [0.1, 0.15) is 17.0 Å². The van der Waals surface area contributed by atoms with Gasteiger partial charge in [-0.1, -0.05) is 11.6 Å². The largest absolute Gasteiger partial charge is 0.333 e. The number of nitrogens with zero attached hydrogens (tertiary/aromatic N) is 3. The topological polar surface area (TPSA) is 67.2 Å². The third-order valence-corrected chi connectivity index (χ3v) is 4.89. The third kappa shape index (κ3) is 3.08. The molecule has 1 aliphatic heterocycles. The van der Waals surface area contributed by atoms with Gasteiger partial charge >= 0.3 is 6.03 Å². The summed E-state index contributed by atoms with van der Waals surface area (Å²) >= 11 is 5.89. The van der Waals surface area contributed by atoms with Gasteiger partial charge in [-0.05, 0) is 68.0 Å². The lowest BCUT2D eigenvalue weighted by molar-refractivity contribution is -0.113. The lowest BCUT2D eigenvalue weighted by Gasteiger charge is -2.11. The summed E-state index contributed by atoms with van der Waals surface area (Å²) in [7, 11) is 0. The van der Waals surface area contributed by atoms with Gasteiger partial charge in [0.15, 0.2) is 0 Å². The van der Waals surface area contributed by atoms with E-state index in [1.165, 1.54) is 0 Å². The van der Waals surface area contributed by atoms with E-state index in [1.54, 1.807) is 42.7 Å². The molecule has 1 aliphatic rings. The normalized spacial score (nSPS) is 15.4. The Morgan fingerprint density at radius 3 is 2.50 bits per heavy atom. The average Bonchev–Trinajstić information content (AvgIpc) is 3.12. The van der Waals surface area contributed by atoms with Gasteiger partial charge in [-0.15, -0.1) is 0 Å². The van der Waals surface area contributed by atoms with Crippen LogP contribution >= 0.6 is 11.6 Å². The van der Waals surface area contributed by atoms with Crippen molar-refractivity contribution in [1.82, 2.24) is 14.9 Å². The number of halogens is 1. The highest BCUT2D eigenvalue weighted by atomic mass is 35.5. The van der Waals surface area contributed by atoms with E-state index in [9.17, 15) is 9.59 Å². The van der Waals surface area contributed by atoms with Gasteiger partial charge in [0.1, 0.15) is 5.70 Å². The molecule has 1 fully saturated rings. The minimum atomic E-state index is -0.486. The van der Waals surface area contributed by atoms with Crippen molar-refractivity contribution in [2.45, 2.75) is 13.8 Å². The fourth-order valence-electron chi connectivity index (χ4n) is 3.33. The maximum atomic E-state index is 12.8. The number of aromatic nitrogens is 2. The Balaban J connectivity index is 1.70. The van der Waals surface area contributed by atoms with Crippen LogP contribution in [0.4, 0.5) is 10.5 Å². The molecule has 0 bridgehead atoms. The van der Waals surface area contributed by atoms with Crippen molar-refractivity contribution in [1.29, 1.82) is 0 Å². The number of hydrogen-bond acceptors (Lipinski definition) is 3. The zero-order valence-corrected chi connectivity index (χ0v) is 16.1. The number of carbonyl (C=O) groups excluding carboxylic acids is 2. The van der Waals surface area contributed by atoms with Crippen LogP contribution in [0.25, 0.3) is 11.8 Å². The summed E-state index contributed by atoms with van der Waals surface area (Å²) in [6.45, 7) is 3.95. The molecule has 0 unspecified atom stereocenters. The number of carbonyl (C=O) groups is 2. The van der Waals surface area contributed by atoms with E-state index >= 15 is 0 Å². The second-order valence-electron chi connectivity index (χ2n) is 6.48. The molecule has 3 amide bonds. The van der Waals surface area contributed by atoms with Crippen LogP contribution in [0.3, 0.4) is 0 Å². The molecular weight excluding hydrogens is 376 g/mol. The van der Waals surface area contributed by atoms with Crippen molar-refractivity contribution in [3.63, 3.8) is 0 Å². The van der Waals surface area contributed by atoms with Crippen molar-refractivity contribution < 1.29 is 9.59 Å². The summed E-state index contributed by atoms with van der Waals surface area (Å²) in [4.78, 5) is 30.4. The fraction of sp³-hybridized carbons (Fsp3) is 0.0952. The Hall–Kier alpha value is -3.38. The fourth-order valence-corrected chi connectivity index (χ4v) is 3.46. The molecule has 1 aromatic carbocycles. The second kappa shape index (κ2) is 6.98. The molecule has 0 aliphatic carbocycles. The lowest BCUT2D eigenvalue weighted by atomic mass is 10.2. The second-order valence-corrected chi connectivity index (χ2v) is 6.91. The van der Waals surface area contributed by atoms with Crippen molar-refractivity contribution in [3.05, 3.63) is 82.5 Å². The van der Waals surface area contributed by atoms with Gasteiger partial charge in [0.2, 0.25) is 0 Å². The van der Waals surface area contributed by atoms with Gasteiger partial charge in [0.05, 0.1) is 17.6 Å². The number of aryl methyl sites for hydroxylation is 1. The molecule has 0 spiro atoms. The number of amides is 3. The molecule has 0 saturated carbocycles. The average molecular weight is 393 g/mol. The van der Waals surface area contributed by atoms with Crippen molar-refractivity contribution in [2.75, 3.05) is 4.90 Å². The molecule has 6 nitrogen and oxygen atoms in total. The van der Waals surface area contributed by atoms with Crippen molar-refractivity contribution in [3.8, 4) is 5.69 Å². The van der Waals surface area contributed by atoms with Crippen LogP contribution < -0.4 is 10.2 Å². The summed E-state index contributed by atoms with van der Waals surface area (Å²) in [6.07, 6.45) is 5.20. The summed E-state index contributed by atoms with van der Waals surface area (Å²) in [5.41, 5.74) is 4.44. The van der Waals surface area contributed by atoms with E-state index in [0.29, 0.717) is 10.7 Å². The third-order valence-electron chi connectivity index (χ3n) is 4.64. The first-order valence-corrected chi connectivity index (χ1v) is 9.05. The van der Waals surface area contributed by atoms with Crippen LogP contribution in [0.2, 0.25) is 5.02 Å². The smallest absolute Gasteiger partial charge is 0.316 e. The van der Waals surface area contributed by atoms with E-state index in [1.807, 2.05) is 32.0 Å². The van der Waals surface area contributed by atoms with Crippen molar-refractivity contribution in [2.24, 2.45) is 0 Å². The first kappa shape index (κ1) is 18.0. The Kier molecular flexibility index (Phi) is 4.49. The predicted octanol–water partition coefficient (Wildman–Crippen LogP) is 4.24. The van der Waals surface area contributed by atoms with Gasteiger partial charge < -0.3 is 9.88 Å². The maximum absolute atomic E-state index is 12.8. The Labute approximate surface area is 167 Å². The summed E-state index contributed by atoms with van der Waals surface area (Å²) < 4.78 is 2.05. The highest BCUT2D eigenvalue weighted by Gasteiger charge is 2.35. The number of benzene rings is 1. The van der Waals surface area contributed by atoms with Gasteiger partial charge in [0.25, 0.3) is 5.91 Å². The first-order valence-electron chi connectivity index (χ1n) is 8.68. The van der Waals surface area contributed by atoms with E-state index < -0.39 is 11.9 Å².